The first-order chi connectivity index (χ1) is 8.16. The molecule has 92 valence electrons. The molecule has 1 aromatic carbocycles. The molecule has 1 aromatic rings. The lowest BCUT2D eigenvalue weighted by Crippen LogP contribution is -2.42. The van der Waals surface area contributed by atoms with Gasteiger partial charge in [0.2, 0.25) is 5.91 Å². The lowest BCUT2D eigenvalue weighted by Gasteiger charge is -2.29. The van der Waals surface area contributed by atoms with E-state index < -0.39 is 0 Å². The fourth-order valence-corrected chi connectivity index (χ4v) is 2.64. The Morgan fingerprint density at radius 3 is 2.76 bits per heavy atom. The number of alkyl halides is 1. The second-order valence-electron chi connectivity index (χ2n) is 4.31. The van der Waals surface area contributed by atoms with Crippen LogP contribution >= 0.6 is 15.9 Å². The van der Waals surface area contributed by atoms with Crippen LogP contribution in [0.15, 0.2) is 24.3 Å². The number of carbonyl (C=O) groups excluding carboxylic acids is 1. The van der Waals surface area contributed by atoms with Crippen LogP contribution in [0.3, 0.4) is 0 Å². The second-order valence-corrected chi connectivity index (χ2v) is 5.42. The number of nitrogens with zero attached hydrogens (tertiary/aromatic N) is 1. The van der Waals surface area contributed by atoms with Crippen molar-refractivity contribution in [3.05, 3.63) is 35.6 Å². The fraction of sp³-hybridized carbons (Fsp3) is 0.462. The van der Waals surface area contributed by atoms with E-state index in [0.29, 0.717) is 6.54 Å². The van der Waals surface area contributed by atoms with Gasteiger partial charge in [0.05, 0.1) is 4.83 Å². The highest BCUT2D eigenvalue weighted by molar-refractivity contribution is 9.10. The summed E-state index contributed by atoms with van der Waals surface area (Å²) in [5, 5.41) is 0. The zero-order valence-electron chi connectivity index (χ0n) is 9.53. The number of hydrogen-bond donors (Lipinski definition) is 0. The quantitative estimate of drug-likeness (QED) is 0.786. The first kappa shape index (κ1) is 12.6. The molecule has 1 aliphatic rings. The molecule has 0 radical (unpaired) electrons. The number of benzene rings is 1. The van der Waals surface area contributed by atoms with Gasteiger partial charge in [0, 0.05) is 13.1 Å². The number of carbonyl (C=O) groups is 1. The van der Waals surface area contributed by atoms with Gasteiger partial charge in [0.1, 0.15) is 5.82 Å². The molecule has 17 heavy (non-hydrogen) atoms. The van der Waals surface area contributed by atoms with Gasteiger partial charge in [-0.25, -0.2) is 4.39 Å². The van der Waals surface area contributed by atoms with Crippen molar-refractivity contribution >= 4 is 21.8 Å². The number of rotatable bonds is 3. The van der Waals surface area contributed by atoms with Crippen LogP contribution in [0.2, 0.25) is 0 Å². The van der Waals surface area contributed by atoms with Gasteiger partial charge >= 0.3 is 0 Å². The zero-order chi connectivity index (χ0) is 12.3. The highest BCUT2D eigenvalue weighted by atomic mass is 79.9. The average Bonchev–Trinajstić information content (AvgIpc) is 2.33. The van der Waals surface area contributed by atoms with Gasteiger partial charge in [-0.3, -0.25) is 4.79 Å². The second kappa shape index (κ2) is 5.63. The minimum atomic E-state index is -0.219. The van der Waals surface area contributed by atoms with Crippen LogP contribution in [0, 0.1) is 5.82 Å². The third-order valence-corrected chi connectivity index (χ3v) is 3.90. The van der Waals surface area contributed by atoms with E-state index in [2.05, 4.69) is 15.9 Å². The summed E-state index contributed by atoms with van der Waals surface area (Å²) in [5.74, 6) is -0.0401. The van der Waals surface area contributed by atoms with Crippen LogP contribution in [0.1, 0.15) is 18.4 Å². The molecule has 1 amide bonds. The predicted molar refractivity (Wildman–Crippen MR) is 68.6 cm³/mol. The van der Waals surface area contributed by atoms with Gasteiger partial charge < -0.3 is 4.90 Å². The summed E-state index contributed by atoms with van der Waals surface area (Å²) < 4.78 is 12.7. The smallest absolute Gasteiger partial charge is 0.236 e. The largest absolute Gasteiger partial charge is 0.341 e. The maximum absolute atomic E-state index is 12.7. The molecule has 1 aliphatic heterocycles. The molecule has 0 aliphatic carbocycles. The van der Waals surface area contributed by atoms with Crippen molar-refractivity contribution in [3.8, 4) is 0 Å². The van der Waals surface area contributed by atoms with Crippen LogP contribution < -0.4 is 0 Å². The Hall–Kier alpha value is -0.900. The normalized spacial score (nSPS) is 20.7. The topological polar surface area (TPSA) is 20.3 Å². The Balaban J connectivity index is 1.89. The average molecular weight is 300 g/mol. The summed E-state index contributed by atoms with van der Waals surface area (Å²) in [5.41, 5.74) is 1.07. The Labute approximate surface area is 109 Å². The van der Waals surface area contributed by atoms with E-state index in [9.17, 15) is 9.18 Å². The minimum absolute atomic E-state index is 0.0236. The first-order valence-electron chi connectivity index (χ1n) is 5.84. The number of hydrogen-bond acceptors (Lipinski definition) is 1. The van der Waals surface area contributed by atoms with Gasteiger partial charge in [-0.2, -0.15) is 0 Å². The van der Waals surface area contributed by atoms with E-state index in [1.165, 1.54) is 12.1 Å². The highest BCUT2D eigenvalue weighted by Gasteiger charge is 2.25. The van der Waals surface area contributed by atoms with Gasteiger partial charge in [-0.1, -0.05) is 28.1 Å². The van der Waals surface area contributed by atoms with Crippen molar-refractivity contribution < 1.29 is 9.18 Å². The molecule has 1 saturated heterocycles. The summed E-state index contributed by atoms with van der Waals surface area (Å²) in [7, 11) is 0. The Morgan fingerprint density at radius 1 is 1.35 bits per heavy atom. The van der Waals surface area contributed by atoms with Crippen LogP contribution in [0.25, 0.3) is 0 Å². The van der Waals surface area contributed by atoms with Crippen molar-refractivity contribution in [1.82, 2.24) is 4.90 Å². The number of halogens is 2. The number of piperidine rings is 1. The van der Waals surface area contributed by atoms with Crippen molar-refractivity contribution in [2.24, 2.45) is 0 Å². The van der Waals surface area contributed by atoms with Crippen molar-refractivity contribution in [1.29, 1.82) is 0 Å². The standard InChI is InChI=1S/C13H15BrFNO/c14-12-2-1-8-16(13(12)17)9-7-10-3-5-11(15)6-4-10/h3-6,12H,1-2,7-9H2. The summed E-state index contributed by atoms with van der Waals surface area (Å²) in [6.45, 7) is 1.55. The Bertz CT molecular complexity index is 393. The lowest BCUT2D eigenvalue weighted by atomic mass is 10.1. The predicted octanol–water partition coefficient (Wildman–Crippen LogP) is 2.75. The van der Waals surface area contributed by atoms with Gasteiger partial charge in [0.15, 0.2) is 0 Å². The summed E-state index contributed by atoms with van der Waals surface area (Å²) >= 11 is 3.39. The SMILES string of the molecule is O=C1C(Br)CCCN1CCc1ccc(F)cc1. The van der Waals surface area contributed by atoms with Gasteiger partial charge in [0.25, 0.3) is 0 Å². The molecule has 0 bridgehead atoms. The molecule has 4 heteroatoms. The number of amides is 1. The van der Waals surface area contributed by atoms with E-state index in [-0.39, 0.29) is 16.6 Å². The molecule has 2 rings (SSSR count). The minimum Gasteiger partial charge on any atom is -0.341 e. The van der Waals surface area contributed by atoms with Crippen LogP contribution in [0.4, 0.5) is 4.39 Å². The highest BCUT2D eigenvalue weighted by Crippen LogP contribution is 2.18. The Morgan fingerprint density at radius 2 is 2.06 bits per heavy atom. The molecule has 1 heterocycles. The summed E-state index contributed by atoms with van der Waals surface area (Å²) in [6, 6.07) is 6.46. The maximum atomic E-state index is 12.7. The molecule has 1 atom stereocenters. The molecule has 1 fully saturated rings. The molecule has 0 aromatic heterocycles. The van der Waals surface area contributed by atoms with Gasteiger partial charge in [-0.05, 0) is 37.0 Å². The van der Waals surface area contributed by atoms with Crippen molar-refractivity contribution in [2.75, 3.05) is 13.1 Å². The van der Waals surface area contributed by atoms with E-state index in [0.717, 1.165) is 31.4 Å². The van der Waals surface area contributed by atoms with E-state index >= 15 is 0 Å². The molecule has 2 nitrogen and oxygen atoms in total. The van der Waals surface area contributed by atoms with E-state index in [1.54, 1.807) is 12.1 Å². The van der Waals surface area contributed by atoms with Crippen LogP contribution in [-0.4, -0.2) is 28.7 Å². The molecular formula is C13H15BrFNO. The monoisotopic (exact) mass is 299 g/mol. The molecule has 0 spiro atoms. The zero-order valence-corrected chi connectivity index (χ0v) is 11.1. The molecular weight excluding hydrogens is 285 g/mol. The van der Waals surface area contributed by atoms with E-state index in [1.807, 2.05) is 4.90 Å². The maximum Gasteiger partial charge on any atom is 0.236 e. The Kier molecular flexibility index (Phi) is 4.15. The third-order valence-electron chi connectivity index (χ3n) is 3.05. The molecule has 0 saturated carbocycles. The van der Waals surface area contributed by atoms with E-state index in [4.69, 9.17) is 0 Å². The summed E-state index contributed by atoms with van der Waals surface area (Å²) in [4.78, 5) is 13.7. The molecule has 1 unspecified atom stereocenters. The van der Waals surface area contributed by atoms with Crippen LogP contribution in [0.5, 0.6) is 0 Å². The van der Waals surface area contributed by atoms with Crippen LogP contribution in [-0.2, 0) is 11.2 Å². The van der Waals surface area contributed by atoms with Crippen molar-refractivity contribution in [2.45, 2.75) is 24.1 Å². The fourth-order valence-electron chi connectivity index (χ4n) is 2.03. The molecule has 0 N–H and O–H groups in total. The van der Waals surface area contributed by atoms with Crippen molar-refractivity contribution in [3.63, 3.8) is 0 Å². The lowest BCUT2D eigenvalue weighted by molar-refractivity contribution is -0.132. The third kappa shape index (κ3) is 3.28. The number of likely N-dealkylation sites (tertiary alicyclic amines) is 1. The van der Waals surface area contributed by atoms with Gasteiger partial charge in [-0.15, -0.1) is 0 Å². The summed E-state index contributed by atoms with van der Waals surface area (Å²) in [6.07, 6.45) is 2.75. The first-order valence-corrected chi connectivity index (χ1v) is 6.75.